The van der Waals surface area contributed by atoms with Gasteiger partial charge in [0.2, 0.25) is 5.91 Å². The summed E-state index contributed by atoms with van der Waals surface area (Å²) in [6.07, 6.45) is 1.77. The summed E-state index contributed by atoms with van der Waals surface area (Å²) < 4.78 is 0. The van der Waals surface area contributed by atoms with E-state index in [1.807, 2.05) is 31.2 Å². The SMILES string of the molecule is CCc1ccc(NC(=O)CN2CCC(C)C2C(=O)O)cc1. The number of rotatable bonds is 5. The molecule has 0 bridgehead atoms. The standard InChI is InChI=1S/C16H22N2O3/c1-3-12-4-6-13(7-5-12)17-14(19)10-18-9-8-11(2)15(18)16(20)21/h4-7,11,15H,3,8-10H2,1-2H3,(H,17,19)(H,20,21). The first kappa shape index (κ1) is 15.5. The number of hydrogen-bond acceptors (Lipinski definition) is 3. The van der Waals surface area contributed by atoms with Crippen LogP contribution in [0, 0.1) is 5.92 Å². The third kappa shape index (κ3) is 3.82. The van der Waals surface area contributed by atoms with E-state index in [1.54, 1.807) is 4.90 Å². The maximum atomic E-state index is 12.1. The predicted molar refractivity (Wildman–Crippen MR) is 81.2 cm³/mol. The van der Waals surface area contributed by atoms with Crippen molar-refractivity contribution in [3.05, 3.63) is 29.8 Å². The van der Waals surface area contributed by atoms with Crippen LogP contribution >= 0.6 is 0 Å². The molecule has 114 valence electrons. The summed E-state index contributed by atoms with van der Waals surface area (Å²) >= 11 is 0. The summed E-state index contributed by atoms with van der Waals surface area (Å²) in [7, 11) is 0. The van der Waals surface area contributed by atoms with Crippen LogP contribution in [0.1, 0.15) is 25.8 Å². The monoisotopic (exact) mass is 290 g/mol. The van der Waals surface area contributed by atoms with Gasteiger partial charge in [0.15, 0.2) is 0 Å². The van der Waals surface area contributed by atoms with Gasteiger partial charge in [-0.2, -0.15) is 0 Å². The van der Waals surface area contributed by atoms with Crippen LogP contribution < -0.4 is 5.32 Å². The molecule has 1 aromatic carbocycles. The molecule has 1 aromatic rings. The van der Waals surface area contributed by atoms with E-state index in [-0.39, 0.29) is 18.4 Å². The van der Waals surface area contributed by atoms with Crippen LogP contribution in [0.4, 0.5) is 5.69 Å². The Bertz CT molecular complexity index is 513. The van der Waals surface area contributed by atoms with Gasteiger partial charge >= 0.3 is 5.97 Å². The minimum atomic E-state index is -0.847. The molecule has 21 heavy (non-hydrogen) atoms. The second-order valence-corrected chi connectivity index (χ2v) is 5.62. The van der Waals surface area contributed by atoms with E-state index < -0.39 is 12.0 Å². The van der Waals surface area contributed by atoms with Crippen molar-refractivity contribution in [2.45, 2.75) is 32.7 Å². The fourth-order valence-corrected chi connectivity index (χ4v) is 2.81. The zero-order valence-corrected chi connectivity index (χ0v) is 12.5. The van der Waals surface area contributed by atoms with E-state index in [1.165, 1.54) is 5.56 Å². The van der Waals surface area contributed by atoms with Crippen molar-refractivity contribution in [1.82, 2.24) is 4.90 Å². The van der Waals surface area contributed by atoms with E-state index in [0.717, 1.165) is 18.5 Å². The number of aliphatic carboxylic acids is 1. The van der Waals surface area contributed by atoms with Crippen molar-refractivity contribution < 1.29 is 14.7 Å². The number of amides is 1. The zero-order chi connectivity index (χ0) is 15.4. The van der Waals surface area contributed by atoms with Crippen molar-refractivity contribution in [2.75, 3.05) is 18.4 Å². The maximum absolute atomic E-state index is 12.1. The summed E-state index contributed by atoms with van der Waals surface area (Å²) in [6, 6.07) is 7.15. The summed E-state index contributed by atoms with van der Waals surface area (Å²) in [6.45, 7) is 4.77. The second kappa shape index (κ2) is 6.72. The third-order valence-corrected chi connectivity index (χ3v) is 4.05. The van der Waals surface area contributed by atoms with Gasteiger partial charge in [-0.25, -0.2) is 0 Å². The molecule has 0 aliphatic carbocycles. The summed E-state index contributed by atoms with van der Waals surface area (Å²) in [4.78, 5) is 25.1. The highest BCUT2D eigenvalue weighted by Crippen LogP contribution is 2.23. The second-order valence-electron chi connectivity index (χ2n) is 5.62. The molecule has 5 nitrogen and oxygen atoms in total. The van der Waals surface area contributed by atoms with Crippen LogP contribution in [0.25, 0.3) is 0 Å². The number of nitrogens with zero attached hydrogens (tertiary/aromatic N) is 1. The molecule has 1 heterocycles. The van der Waals surface area contributed by atoms with Crippen molar-refractivity contribution in [3.8, 4) is 0 Å². The molecule has 2 atom stereocenters. The van der Waals surface area contributed by atoms with E-state index in [9.17, 15) is 14.7 Å². The first-order chi connectivity index (χ1) is 10.0. The quantitative estimate of drug-likeness (QED) is 0.870. The molecular weight excluding hydrogens is 268 g/mol. The van der Waals surface area contributed by atoms with Crippen molar-refractivity contribution >= 4 is 17.6 Å². The van der Waals surface area contributed by atoms with Crippen LogP contribution in [0.5, 0.6) is 0 Å². The number of anilines is 1. The highest BCUT2D eigenvalue weighted by atomic mass is 16.4. The molecule has 1 fully saturated rings. The van der Waals surface area contributed by atoms with Gasteiger partial charge in [-0.3, -0.25) is 14.5 Å². The summed E-state index contributed by atoms with van der Waals surface area (Å²) in [5.74, 6) is -0.932. The van der Waals surface area contributed by atoms with Crippen LogP contribution in [-0.2, 0) is 16.0 Å². The van der Waals surface area contributed by atoms with E-state index >= 15 is 0 Å². The smallest absolute Gasteiger partial charge is 0.321 e. The fraction of sp³-hybridized carbons (Fsp3) is 0.500. The number of carbonyl (C=O) groups excluding carboxylic acids is 1. The van der Waals surface area contributed by atoms with E-state index in [4.69, 9.17) is 0 Å². The molecule has 5 heteroatoms. The Morgan fingerprint density at radius 1 is 1.33 bits per heavy atom. The van der Waals surface area contributed by atoms with Crippen LogP contribution in [-0.4, -0.2) is 41.0 Å². The number of benzene rings is 1. The number of carbonyl (C=O) groups is 2. The molecule has 0 saturated carbocycles. The first-order valence-electron chi connectivity index (χ1n) is 7.37. The number of likely N-dealkylation sites (tertiary alicyclic amines) is 1. The van der Waals surface area contributed by atoms with Gasteiger partial charge in [-0.05, 0) is 43.0 Å². The molecule has 2 N–H and O–H groups in total. The van der Waals surface area contributed by atoms with Gasteiger partial charge in [-0.15, -0.1) is 0 Å². The zero-order valence-electron chi connectivity index (χ0n) is 12.5. The molecule has 1 aliphatic heterocycles. The molecule has 0 spiro atoms. The lowest BCUT2D eigenvalue weighted by Gasteiger charge is -2.22. The molecule has 2 unspecified atom stereocenters. The topological polar surface area (TPSA) is 69.6 Å². The number of carboxylic acids is 1. The highest BCUT2D eigenvalue weighted by molar-refractivity contribution is 5.92. The average Bonchev–Trinajstić information content (AvgIpc) is 2.80. The van der Waals surface area contributed by atoms with Crippen LogP contribution in [0.3, 0.4) is 0 Å². The van der Waals surface area contributed by atoms with E-state index in [2.05, 4.69) is 12.2 Å². The summed E-state index contributed by atoms with van der Waals surface area (Å²) in [5, 5.41) is 12.1. The largest absolute Gasteiger partial charge is 0.480 e. The first-order valence-corrected chi connectivity index (χ1v) is 7.37. The lowest BCUT2D eigenvalue weighted by Crippen LogP contribution is -2.43. The molecule has 1 aliphatic rings. The fourth-order valence-electron chi connectivity index (χ4n) is 2.81. The van der Waals surface area contributed by atoms with Gasteiger partial charge in [0.1, 0.15) is 6.04 Å². The average molecular weight is 290 g/mol. The Kier molecular flexibility index (Phi) is 4.96. The van der Waals surface area contributed by atoms with Gasteiger partial charge in [-0.1, -0.05) is 26.0 Å². The van der Waals surface area contributed by atoms with Crippen molar-refractivity contribution in [2.24, 2.45) is 5.92 Å². The Hall–Kier alpha value is -1.88. The Morgan fingerprint density at radius 3 is 2.57 bits per heavy atom. The van der Waals surface area contributed by atoms with Gasteiger partial charge in [0.25, 0.3) is 0 Å². The molecule has 1 amide bonds. The Labute approximate surface area is 125 Å². The molecule has 0 radical (unpaired) electrons. The lowest BCUT2D eigenvalue weighted by atomic mass is 10.0. The van der Waals surface area contributed by atoms with Crippen LogP contribution in [0.2, 0.25) is 0 Å². The molecule has 2 rings (SSSR count). The van der Waals surface area contributed by atoms with Crippen LogP contribution in [0.15, 0.2) is 24.3 Å². The molecule has 1 saturated heterocycles. The molecular formula is C16H22N2O3. The summed E-state index contributed by atoms with van der Waals surface area (Å²) in [5.41, 5.74) is 1.96. The number of hydrogen-bond donors (Lipinski definition) is 2. The Balaban J connectivity index is 1.93. The van der Waals surface area contributed by atoms with Crippen molar-refractivity contribution in [1.29, 1.82) is 0 Å². The van der Waals surface area contributed by atoms with Crippen molar-refractivity contribution in [3.63, 3.8) is 0 Å². The minimum absolute atomic E-state index is 0.0825. The van der Waals surface area contributed by atoms with Gasteiger partial charge in [0.05, 0.1) is 6.54 Å². The normalized spacial score (nSPS) is 22.2. The lowest BCUT2D eigenvalue weighted by molar-refractivity contribution is -0.143. The molecule has 0 aromatic heterocycles. The maximum Gasteiger partial charge on any atom is 0.321 e. The minimum Gasteiger partial charge on any atom is -0.480 e. The van der Waals surface area contributed by atoms with E-state index in [0.29, 0.717) is 6.54 Å². The number of carboxylic acid groups (broad SMARTS) is 1. The predicted octanol–water partition coefficient (Wildman–Crippen LogP) is 1.98. The number of aryl methyl sites for hydroxylation is 1. The third-order valence-electron chi connectivity index (χ3n) is 4.05. The van der Waals surface area contributed by atoms with Gasteiger partial charge < -0.3 is 10.4 Å². The highest BCUT2D eigenvalue weighted by Gasteiger charge is 2.37. The Morgan fingerprint density at radius 2 is 2.00 bits per heavy atom. The van der Waals surface area contributed by atoms with Gasteiger partial charge in [0, 0.05) is 5.69 Å². The number of nitrogens with one attached hydrogen (secondary N) is 1.